The van der Waals surface area contributed by atoms with Crippen LogP contribution in [-0.2, 0) is 0 Å². The lowest BCUT2D eigenvalue weighted by molar-refractivity contribution is 0.303. The highest BCUT2D eigenvalue weighted by atomic mass is 16.5. The lowest BCUT2D eigenvalue weighted by Gasteiger charge is -2.13. The highest BCUT2D eigenvalue weighted by molar-refractivity contribution is 6.59. The second kappa shape index (κ2) is 4.54. The van der Waals surface area contributed by atoms with Gasteiger partial charge in [-0.05, 0) is 12.0 Å². The fraction of sp³-hybridized carbons (Fsp3) is 0.545. The standard InChI is InChI=1S/C11H16BNO4/c1-6(2)7-5-17-9-4-8(12(14)15)11(16-3)13-10(7)9/h4,6-7,14-15H,5H2,1-3H3. The molecule has 0 spiro atoms. The van der Waals surface area contributed by atoms with Crippen molar-refractivity contribution in [1.29, 1.82) is 0 Å². The molecule has 0 bridgehead atoms. The quantitative estimate of drug-likeness (QED) is 0.718. The first-order valence-corrected chi connectivity index (χ1v) is 5.62. The maximum absolute atomic E-state index is 9.22. The van der Waals surface area contributed by atoms with Crippen LogP contribution in [0, 0.1) is 5.92 Å². The molecule has 0 aliphatic carbocycles. The molecular formula is C11H16BNO4. The number of ether oxygens (including phenoxy) is 2. The summed E-state index contributed by atoms with van der Waals surface area (Å²) in [7, 11) is -0.148. The van der Waals surface area contributed by atoms with Crippen LogP contribution in [0.25, 0.3) is 0 Å². The first kappa shape index (κ1) is 12.2. The fourth-order valence-corrected chi connectivity index (χ4v) is 2.00. The molecule has 1 atom stereocenters. The number of aromatic nitrogens is 1. The maximum atomic E-state index is 9.22. The summed E-state index contributed by atoms with van der Waals surface area (Å²) in [6.45, 7) is 4.78. The van der Waals surface area contributed by atoms with Crippen LogP contribution in [0.5, 0.6) is 11.6 Å². The Morgan fingerprint density at radius 1 is 1.53 bits per heavy atom. The summed E-state index contributed by atoms with van der Waals surface area (Å²) in [5.41, 5.74) is 1.07. The monoisotopic (exact) mass is 237 g/mol. The van der Waals surface area contributed by atoms with E-state index in [0.29, 0.717) is 18.3 Å². The molecule has 0 radical (unpaired) electrons. The minimum absolute atomic E-state index is 0.226. The Hall–Kier alpha value is -1.27. The lowest BCUT2D eigenvalue weighted by atomic mass is 9.80. The molecule has 0 amide bonds. The van der Waals surface area contributed by atoms with E-state index in [1.54, 1.807) is 6.07 Å². The van der Waals surface area contributed by atoms with Crippen molar-refractivity contribution in [2.75, 3.05) is 13.7 Å². The smallest absolute Gasteiger partial charge is 0.491 e. The molecule has 1 aliphatic rings. The Balaban J connectivity index is 2.47. The molecule has 92 valence electrons. The van der Waals surface area contributed by atoms with Gasteiger partial charge in [0.25, 0.3) is 0 Å². The van der Waals surface area contributed by atoms with Crippen molar-refractivity contribution in [2.45, 2.75) is 19.8 Å². The van der Waals surface area contributed by atoms with Crippen LogP contribution in [-0.4, -0.2) is 35.9 Å². The third kappa shape index (κ3) is 2.10. The second-order valence-corrected chi connectivity index (χ2v) is 4.51. The first-order chi connectivity index (χ1) is 8.04. The number of rotatable bonds is 3. The van der Waals surface area contributed by atoms with E-state index in [4.69, 9.17) is 9.47 Å². The molecule has 2 N–H and O–H groups in total. The van der Waals surface area contributed by atoms with Crippen LogP contribution in [0.4, 0.5) is 0 Å². The SMILES string of the molecule is COc1nc2c(cc1B(O)O)OCC2C(C)C. The zero-order valence-corrected chi connectivity index (χ0v) is 10.2. The summed E-state index contributed by atoms with van der Waals surface area (Å²) in [6, 6.07) is 1.59. The average molecular weight is 237 g/mol. The van der Waals surface area contributed by atoms with E-state index < -0.39 is 7.12 Å². The van der Waals surface area contributed by atoms with Crippen LogP contribution < -0.4 is 14.9 Å². The van der Waals surface area contributed by atoms with Gasteiger partial charge in [0.1, 0.15) is 5.75 Å². The Labute approximate surface area is 101 Å². The van der Waals surface area contributed by atoms with Crippen LogP contribution in [0.3, 0.4) is 0 Å². The summed E-state index contributed by atoms with van der Waals surface area (Å²) >= 11 is 0. The molecule has 2 heterocycles. The molecule has 0 fully saturated rings. The molecule has 2 rings (SSSR count). The zero-order valence-electron chi connectivity index (χ0n) is 10.2. The number of pyridine rings is 1. The maximum Gasteiger partial charge on any atom is 0.494 e. The van der Waals surface area contributed by atoms with E-state index in [9.17, 15) is 10.0 Å². The molecule has 1 unspecified atom stereocenters. The number of hydrogen-bond acceptors (Lipinski definition) is 5. The van der Waals surface area contributed by atoms with Crippen LogP contribution in [0.15, 0.2) is 6.07 Å². The van der Waals surface area contributed by atoms with E-state index in [1.165, 1.54) is 7.11 Å². The van der Waals surface area contributed by atoms with Gasteiger partial charge in [-0.1, -0.05) is 13.8 Å². The summed E-state index contributed by atoms with van der Waals surface area (Å²) < 4.78 is 10.6. The summed E-state index contributed by atoms with van der Waals surface area (Å²) in [6.07, 6.45) is 0. The van der Waals surface area contributed by atoms with Crippen molar-refractivity contribution in [3.8, 4) is 11.6 Å². The Morgan fingerprint density at radius 3 is 2.76 bits per heavy atom. The lowest BCUT2D eigenvalue weighted by Crippen LogP contribution is -2.32. The molecule has 0 saturated heterocycles. The van der Waals surface area contributed by atoms with E-state index in [-0.39, 0.29) is 17.3 Å². The molecule has 17 heavy (non-hydrogen) atoms. The molecular weight excluding hydrogens is 221 g/mol. The highest BCUT2D eigenvalue weighted by Gasteiger charge is 2.32. The number of hydrogen-bond donors (Lipinski definition) is 2. The molecule has 6 heteroatoms. The van der Waals surface area contributed by atoms with Crippen molar-refractivity contribution in [3.05, 3.63) is 11.8 Å². The Bertz CT molecular complexity index is 422. The molecule has 0 saturated carbocycles. The molecule has 1 aliphatic heterocycles. The number of methoxy groups -OCH3 is 1. The van der Waals surface area contributed by atoms with Gasteiger partial charge in [-0.3, -0.25) is 0 Å². The van der Waals surface area contributed by atoms with Gasteiger partial charge in [0.2, 0.25) is 5.88 Å². The molecule has 0 aromatic carbocycles. The van der Waals surface area contributed by atoms with E-state index in [0.717, 1.165) is 5.69 Å². The Morgan fingerprint density at radius 2 is 2.24 bits per heavy atom. The van der Waals surface area contributed by atoms with E-state index in [1.807, 2.05) is 0 Å². The average Bonchev–Trinajstić information content (AvgIpc) is 2.69. The van der Waals surface area contributed by atoms with Crippen LogP contribution in [0.2, 0.25) is 0 Å². The summed E-state index contributed by atoms with van der Waals surface area (Å²) in [5.74, 6) is 1.50. The zero-order chi connectivity index (χ0) is 12.6. The van der Waals surface area contributed by atoms with Crippen LogP contribution >= 0.6 is 0 Å². The van der Waals surface area contributed by atoms with Gasteiger partial charge in [0.05, 0.1) is 19.4 Å². The highest BCUT2D eigenvalue weighted by Crippen LogP contribution is 2.37. The van der Waals surface area contributed by atoms with Crippen LogP contribution in [0.1, 0.15) is 25.5 Å². The first-order valence-electron chi connectivity index (χ1n) is 5.62. The van der Waals surface area contributed by atoms with Crippen molar-refractivity contribution in [3.63, 3.8) is 0 Å². The van der Waals surface area contributed by atoms with Gasteiger partial charge in [0.15, 0.2) is 0 Å². The molecule has 1 aromatic rings. The topological polar surface area (TPSA) is 71.8 Å². The second-order valence-electron chi connectivity index (χ2n) is 4.51. The minimum Gasteiger partial charge on any atom is -0.491 e. The van der Waals surface area contributed by atoms with Gasteiger partial charge in [-0.25, -0.2) is 4.98 Å². The predicted molar refractivity (Wildman–Crippen MR) is 63.7 cm³/mol. The third-order valence-electron chi connectivity index (χ3n) is 3.05. The van der Waals surface area contributed by atoms with E-state index in [2.05, 4.69) is 18.8 Å². The van der Waals surface area contributed by atoms with Gasteiger partial charge >= 0.3 is 7.12 Å². The fourth-order valence-electron chi connectivity index (χ4n) is 2.00. The van der Waals surface area contributed by atoms with Gasteiger partial charge in [-0.15, -0.1) is 0 Å². The normalized spacial score (nSPS) is 17.9. The van der Waals surface area contributed by atoms with Gasteiger partial charge in [-0.2, -0.15) is 0 Å². The Kier molecular flexibility index (Phi) is 3.26. The number of fused-ring (bicyclic) bond motifs is 1. The summed E-state index contributed by atoms with van der Waals surface area (Å²) in [4.78, 5) is 4.33. The molecule has 5 nitrogen and oxygen atoms in total. The third-order valence-corrected chi connectivity index (χ3v) is 3.05. The number of nitrogens with zero attached hydrogens (tertiary/aromatic N) is 1. The minimum atomic E-state index is -1.61. The largest absolute Gasteiger partial charge is 0.494 e. The van der Waals surface area contributed by atoms with Crippen molar-refractivity contribution in [2.24, 2.45) is 5.92 Å². The molecule has 1 aromatic heterocycles. The van der Waals surface area contributed by atoms with Gasteiger partial charge in [0, 0.05) is 11.4 Å². The van der Waals surface area contributed by atoms with Gasteiger partial charge < -0.3 is 19.5 Å². The van der Waals surface area contributed by atoms with E-state index >= 15 is 0 Å². The van der Waals surface area contributed by atoms with Crippen molar-refractivity contribution < 1.29 is 19.5 Å². The van der Waals surface area contributed by atoms with Crippen molar-refractivity contribution >= 4 is 12.6 Å². The predicted octanol–water partition coefficient (Wildman–Crippen LogP) is -0.0980. The van der Waals surface area contributed by atoms with Crippen molar-refractivity contribution in [1.82, 2.24) is 4.98 Å². The summed E-state index contributed by atoms with van der Waals surface area (Å²) in [5, 5.41) is 18.4.